The summed E-state index contributed by atoms with van der Waals surface area (Å²) in [4.78, 5) is 23.3. The van der Waals surface area contributed by atoms with Crippen molar-refractivity contribution in [1.29, 1.82) is 0 Å². The molecule has 0 spiro atoms. The summed E-state index contributed by atoms with van der Waals surface area (Å²) in [5.41, 5.74) is 0. The van der Waals surface area contributed by atoms with E-state index in [2.05, 4.69) is 4.72 Å². The zero-order chi connectivity index (χ0) is 12.3. The number of carboxylic acid groups (broad SMARTS) is 1. The first-order valence-electron chi connectivity index (χ1n) is 4.75. The van der Waals surface area contributed by atoms with Crippen molar-refractivity contribution in [1.82, 2.24) is 9.62 Å². The van der Waals surface area contributed by atoms with Crippen LogP contribution in [-0.2, 0) is 19.6 Å². The van der Waals surface area contributed by atoms with Gasteiger partial charge in [-0.2, -0.15) is 0 Å². The topological polar surface area (TPSA) is 104 Å². The predicted molar refractivity (Wildman–Crippen MR) is 55.2 cm³/mol. The molecule has 0 saturated carbocycles. The lowest BCUT2D eigenvalue weighted by Crippen LogP contribution is -2.35. The molecule has 2 N–H and O–H groups in total. The lowest BCUT2D eigenvalue weighted by Gasteiger charge is -2.15. The zero-order valence-electron chi connectivity index (χ0n) is 8.84. The molecular formula is C8H14N2O5S. The Balaban J connectivity index is 2.39. The number of aliphatic carboxylic acids is 1. The van der Waals surface area contributed by atoms with Gasteiger partial charge in [0.1, 0.15) is 0 Å². The van der Waals surface area contributed by atoms with Crippen molar-refractivity contribution in [2.24, 2.45) is 5.92 Å². The molecule has 8 heteroatoms. The number of carbonyl (C=O) groups excluding carboxylic acids is 1. The van der Waals surface area contributed by atoms with Crippen LogP contribution in [0.3, 0.4) is 0 Å². The maximum atomic E-state index is 11.3. The minimum atomic E-state index is -3.27. The molecule has 7 nitrogen and oxygen atoms in total. The van der Waals surface area contributed by atoms with E-state index in [4.69, 9.17) is 5.11 Å². The largest absolute Gasteiger partial charge is 0.481 e. The summed E-state index contributed by atoms with van der Waals surface area (Å²) < 4.78 is 23.7. The number of likely N-dealkylation sites (tertiary alicyclic amines) is 1. The van der Waals surface area contributed by atoms with E-state index in [9.17, 15) is 18.0 Å². The highest BCUT2D eigenvalue weighted by Gasteiger charge is 2.33. The number of nitrogens with zero attached hydrogens (tertiary/aromatic N) is 1. The molecule has 0 aliphatic carbocycles. The molecule has 1 saturated heterocycles. The van der Waals surface area contributed by atoms with E-state index in [0.717, 1.165) is 6.26 Å². The molecule has 0 aromatic rings. The number of hydrogen-bond donors (Lipinski definition) is 2. The molecule has 1 fully saturated rings. The third kappa shape index (κ3) is 3.78. The van der Waals surface area contributed by atoms with Gasteiger partial charge in [0.2, 0.25) is 15.9 Å². The summed E-state index contributed by atoms with van der Waals surface area (Å²) in [6.07, 6.45) is 1.02. The van der Waals surface area contributed by atoms with Crippen LogP contribution >= 0.6 is 0 Å². The second-order valence-corrected chi connectivity index (χ2v) is 5.58. The molecule has 0 bridgehead atoms. The minimum absolute atomic E-state index is 0.00575. The predicted octanol–water partition coefficient (Wildman–Crippen LogP) is -1.53. The third-order valence-electron chi connectivity index (χ3n) is 2.31. The van der Waals surface area contributed by atoms with Crippen molar-refractivity contribution in [2.45, 2.75) is 6.42 Å². The van der Waals surface area contributed by atoms with E-state index in [0.29, 0.717) is 0 Å². The van der Waals surface area contributed by atoms with Crippen LogP contribution in [0.15, 0.2) is 0 Å². The normalized spacial score (nSPS) is 21.4. The van der Waals surface area contributed by atoms with E-state index >= 15 is 0 Å². The van der Waals surface area contributed by atoms with E-state index in [1.54, 1.807) is 0 Å². The van der Waals surface area contributed by atoms with Crippen LogP contribution in [0, 0.1) is 5.92 Å². The number of amides is 1. The molecule has 92 valence electrons. The number of sulfonamides is 1. The maximum Gasteiger partial charge on any atom is 0.308 e. The zero-order valence-corrected chi connectivity index (χ0v) is 9.66. The summed E-state index contributed by atoms with van der Waals surface area (Å²) in [5, 5.41) is 8.71. The molecule has 16 heavy (non-hydrogen) atoms. The van der Waals surface area contributed by atoms with Gasteiger partial charge in [0, 0.05) is 26.1 Å². The number of rotatable bonds is 5. The Bertz CT molecular complexity index is 391. The van der Waals surface area contributed by atoms with E-state index in [1.165, 1.54) is 4.90 Å². The van der Waals surface area contributed by atoms with Gasteiger partial charge in [-0.15, -0.1) is 0 Å². The first-order chi connectivity index (χ1) is 7.29. The van der Waals surface area contributed by atoms with Crippen LogP contribution in [0.5, 0.6) is 0 Å². The van der Waals surface area contributed by atoms with Crippen LogP contribution in [0.25, 0.3) is 0 Å². The first kappa shape index (κ1) is 12.9. The quantitative estimate of drug-likeness (QED) is 0.616. The monoisotopic (exact) mass is 250 g/mol. The second-order valence-electron chi connectivity index (χ2n) is 3.75. The van der Waals surface area contributed by atoms with E-state index in [-0.39, 0.29) is 32.0 Å². The fraction of sp³-hybridized carbons (Fsp3) is 0.750. The van der Waals surface area contributed by atoms with Crippen LogP contribution in [0.1, 0.15) is 6.42 Å². The average Bonchev–Trinajstić information content (AvgIpc) is 2.46. The lowest BCUT2D eigenvalue weighted by molar-refractivity contribution is -0.141. The molecule has 1 aliphatic rings. The second kappa shape index (κ2) is 4.79. The first-order valence-corrected chi connectivity index (χ1v) is 6.64. The number of nitrogens with one attached hydrogen (secondary N) is 1. The van der Waals surface area contributed by atoms with Crippen LogP contribution in [0.4, 0.5) is 0 Å². The van der Waals surface area contributed by atoms with Crippen molar-refractivity contribution in [3.05, 3.63) is 0 Å². The number of carboxylic acids is 1. The Hall–Kier alpha value is -1.15. The van der Waals surface area contributed by atoms with Gasteiger partial charge < -0.3 is 10.0 Å². The van der Waals surface area contributed by atoms with Crippen molar-refractivity contribution in [3.63, 3.8) is 0 Å². The maximum absolute atomic E-state index is 11.3. The molecular weight excluding hydrogens is 236 g/mol. The van der Waals surface area contributed by atoms with Crippen molar-refractivity contribution in [3.8, 4) is 0 Å². The van der Waals surface area contributed by atoms with Gasteiger partial charge in [0.25, 0.3) is 0 Å². The van der Waals surface area contributed by atoms with Crippen LogP contribution in [-0.4, -0.2) is 56.2 Å². The Morgan fingerprint density at radius 1 is 1.62 bits per heavy atom. The fourth-order valence-corrected chi connectivity index (χ4v) is 1.98. The highest BCUT2D eigenvalue weighted by atomic mass is 32.2. The van der Waals surface area contributed by atoms with Gasteiger partial charge in [-0.3, -0.25) is 9.59 Å². The number of hydrogen-bond acceptors (Lipinski definition) is 4. The van der Waals surface area contributed by atoms with Gasteiger partial charge in [-0.1, -0.05) is 0 Å². The Morgan fingerprint density at radius 2 is 2.25 bits per heavy atom. The number of carbonyl (C=O) groups is 2. The third-order valence-corrected chi connectivity index (χ3v) is 3.04. The Kier molecular flexibility index (Phi) is 3.87. The molecule has 1 atom stereocenters. The smallest absolute Gasteiger partial charge is 0.308 e. The Morgan fingerprint density at radius 3 is 2.69 bits per heavy atom. The molecule has 0 radical (unpaired) electrons. The average molecular weight is 250 g/mol. The van der Waals surface area contributed by atoms with Gasteiger partial charge in [0.15, 0.2) is 0 Å². The van der Waals surface area contributed by atoms with Crippen molar-refractivity contribution >= 4 is 21.9 Å². The summed E-state index contributed by atoms with van der Waals surface area (Å²) in [6.45, 7) is 0.464. The molecule has 1 amide bonds. The summed E-state index contributed by atoms with van der Waals surface area (Å²) in [5.74, 6) is -1.92. The highest BCUT2D eigenvalue weighted by molar-refractivity contribution is 7.88. The molecule has 0 aromatic carbocycles. The van der Waals surface area contributed by atoms with Crippen molar-refractivity contribution < 1.29 is 23.1 Å². The summed E-state index contributed by atoms with van der Waals surface area (Å²) in [6, 6.07) is 0. The summed E-state index contributed by atoms with van der Waals surface area (Å²) in [7, 11) is -3.27. The standard InChI is InChI=1S/C8H14N2O5S/c1-16(14,15)9-2-3-10-5-6(8(12)13)4-7(10)11/h6,9H,2-5H2,1H3,(H,12,13). The molecule has 1 heterocycles. The van der Waals surface area contributed by atoms with Crippen LogP contribution < -0.4 is 4.72 Å². The van der Waals surface area contributed by atoms with Gasteiger partial charge in [-0.05, 0) is 0 Å². The molecule has 0 aromatic heterocycles. The highest BCUT2D eigenvalue weighted by Crippen LogP contribution is 2.16. The summed E-state index contributed by atoms with van der Waals surface area (Å²) >= 11 is 0. The van der Waals surface area contributed by atoms with Gasteiger partial charge in [-0.25, -0.2) is 13.1 Å². The molecule has 1 aliphatic heterocycles. The fourth-order valence-electron chi connectivity index (χ4n) is 1.52. The SMILES string of the molecule is CS(=O)(=O)NCCN1CC(C(=O)O)CC1=O. The molecule has 1 unspecified atom stereocenters. The van der Waals surface area contributed by atoms with Crippen molar-refractivity contribution in [2.75, 3.05) is 25.9 Å². The Labute approximate surface area is 93.5 Å². The minimum Gasteiger partial charge on any atom is -0.481 e. The van der Waals surface area contributed by atoms with Gasteiger partial charge in [0.05, 0.1) is 12.2 Å². The lowest BCUT2D eigenvalue weighted by atomic mass is 10.1. The van der Waals surface area contributed by atoms with Crippen LogP contribution in [0.2, 0.25) is 0 Å². The van der Waals surface area contributed by atoms with E-state index in [1.807, 2.05) is 0 Å². The van der Waals surface area contributed by atoms with Gasteiger partial charge >= 0.3 is 5.97 Å². The van der Waals surface area contributed by atoms with E-state index < -0.39 is 21.9 Å². The molecule has 1 rings (SSSR count).